The van der Waals surface area contributed by atoms with Crippen LogP contribution in [0.4, 0.5) is 8.78 Å². The predicted molar refractivity (Wildman–Crippen MR) is 124 cm³/mol. The Morgan fingerprint density at radius 1 is 0.545 bits per heavy atom. The van der Waals surface area contributed by atoms with E-state index in [1.54, 1.807) is 72.8 Å². The van der Waals surface area contributed by atoms with Gasteiger partial charge in [0.2, 0.25) is 0 Å². The van der Waals surface area contributed by atoms with Crippen LogP contribution in [0.1, 0.15) is 11.1 Å². The van der Waals surface area contributed by atoms with Crippen LogP contribution in [-0.2, 0) is 18.0 Å². The van der Waals surface area contributed by atoms with Crippen molar-refractivity contribution in [2.24, 2.45) is 0 Å². The van der Waals surface area contributed by atoms with Crippen LogP contribution in [-0.4, -0.2) is 0 Å². The van der Waals surface area contributed by atoms with Gasteiger partial charge in [0.25, 0.3) is 0 Å². The normalized spacial score (nSPS) is 10.8. The first-order chi connectivity index (χ1) is 16.0. The van der Waals surface area contributed by atoms with E-state index in [0.717, 1.165) is 11.1 Å². The van der Waals surface area contributed by atoms with E-state index in [4.69, 9.17) is 37.4 Å². The van der Waals surface area contributed by atoms with Crippen LogP contribution in [0.5, 0.6) is 23.0 Å². The largest absolute Gasteiger partial charge is 0.454 e. The zero-order chi connectivity index (χ0) is 23.2. The molecule has 0 spiro atoms. The molecule has 0 unspecified atom stereocenters. The summed E-state index contributed by atoms with van der Waals surface area (Å²) in [5.74, 6) is 0.122. The Kier molecular flexibility index (Phi) is 7.45. The molecule has 0 radical (unpaired) electrons. The summed E-state index contributed by atoms with van der Waals surface area (Å²) < 4.78 is 45.3. The SMILES string of the molecule is Fc1ccc(COCc2ccc(F)c(Oc3ccc(Cl)cc3)c2)cc1Oc1ccc(Cl)cc1. The molecular formula is C26H18Cl2F2O3. The Balaban J connectivity index is 1.38. The highest BCUT2D eigenvalue weighted by Crippen LogP contribution is 2.28. The van der Waals surface area contributed by atoms with E-state index < -0.39 is 11.6 Å². The summed E-state index contributed by atoms with van der Waals surface area (Å²) in [6.07, 6.45) is 0. The molecule has 0 aliphatic rings. The van der Waals surface area contributed by atoms with Crippen molar-refractivity contribution in [1.29, 1.82) is 0 Å². The Morgan fingerprint density at radius 2 is 0.939 bits per heavy atom. The highest BCUT2D eigenvalue weighted by atomic mass is 35.5. The number of halogens is 4. The summed E-state index contributed by atoms with van der Waals surface area (Å²) in [7, 11) is 0. The lowest BCUT2D eigenvalue weighted by Crippen LogP contribution is -1.97. The van der Waals surface area contributed by atoms with Gasteiger partial charge in [0.15, 0.2) is 23.1 Å². The molecule has 0 aromatic heterocycles. The number of ether oxygens (including phenoxy) is 3. The molecule has 0 N–H and O–H groups in total. The predicted octanol–water partition coefficient (Wildman–Crippen LogP) is 8.57. The van der Waals surface area contributed by atoms with Gasteiger partial charge in [-0.05, 0) is 83.9 Å². The van der Waals surface area contributed by atoms with Crippen molar-refractivity contribution in [2.45, 2.75) is 13.2 Å². The second-order valence-electron chi connectivity index (χ2n) is 7.13. The minimum absolute atomic E-state index is 0.0823. The van der Waals surface area contributed by atoms with Crippen LogP contribution in [0.25, 0.3) is 0 Å². The molecule has 0 saturated heterocycles. The monoisotopic (exact) mass is 486 g/mol. The van der Waals surface area contributed by atoms with Gasteiger partial charge in [-0.25, -0.2) is 8.78 Å². The molecule has 7 heteroatoms. The minimum Gasteiger partial charge on any atom is -0.454 e. The lowest BCUT2D eigenvalue weighted by atomic mass is 10.2. The Bertz CT molecular complexity index is 1130. The highest BCUT2D eigenvalue weighted by molar-refractivity contribution is 6.30. The van der Waals surface area contributed by atoms with Gasteiger partial charge in [-0.2, -0.15) is 0 Å². The second kappa shape index (κ2) is 10.7. The van der Waals surface area contributed by atoms with E-state index in [9.17, 15) is 8.78 Å². The van der Waals surface area contributed by atoms with Gasteiger partial charge in [0.1, 0.15) is 11.5 Å². The maximum Gasteiger partial charge on any atom is 0.165 e. The molecule has 4 rings (SSSR count). The van der Waals surface area contributed by atoms with Gasteiger partial charge in [-0.15, -0.1) is 0 Å². The van der Waals surface area contributed by atoms with Crippen LogP contribution in [0.2, 0.25) is 10.0 Å². The summed E-state index contributed by atoms with van der Waals surface area (Å²) in [5.41, 5.74) is 1.44. The fraction of sp³-hybridized carbons (Fsp3) is 0.0769. The first kappa shape index (κ1) is 23.1. The maximum absolute atomic E-state index is 14.2. The average Bonchev–Trinajstić information content (AvgIpc) is 2.81. The van der Waals surface area contributed by atoms with Gasteiger partial charge >= 0.3 is 0 Å². The van der Waals surface area contributed by atoms with Crippen molar-refractivity contribution in [1.82, 2.24) is 0 Å². The number of hydrogen-bond donors (Lipinski definition) is 0. The Labute approximate surface area is 200 Å². The Hall–Kier alpha value is -3.12. The summed E-state index contributed by atoms with van der Waals surface area (Å²) >= 11 is 11.7. The molecule has 0 atom stereocenters. The van der Waals surface area contributed by atoms with E-state index in [1.807, 2.05) is 0 Å². The lowest BCUT2D eigenvalue weighted by Gasteiger charge is -2.11. The maximum atomic E-state index is 14.2. The molecule has 0 saturated carbocycles. The fourth-order valence-electron chi connectivity index (χ4n) is 2.98. The third kappa shape index (κ3) is 6.45. The van der Waals surface area contributed by atoms with Crippen LogP contribution >= 0.6 is 23.2 Å². The molecular weight excluding hydrogens is 469 g/mol. The van der Waals surface area contributed by atoms with Gasteiger partial charge < -0.3 is 14.2 Å². The van der Waals surface area contributed by atoms with Crippen molar-refractivity contribution >= 4 is 23.2 Å². The lowest BCUT2D eigenvalue weighted by molar-refractivity contribution is 0.107. The summed E-state index contributed by atoms with van der Waals surface area (Å²) in [5, 5.41) is 1.12. The third-order valence-corrected chi connectivity index (χ3v) is 5.12. The molecule has 0 bridgehead atoms. The molecule has 168 valence electrons. The van der Waals surface area contributed by atoms with Crippen molar-refractivity contribution < 1.29 is 23.0 Å². The van der Waals surface area contributed by atoms with Crippen LogP contribution in [0.15, 0.2) is 84.9 Å². The van der Waals surface area contributed by atoms with Crippen molar-refractivity contribution in [2.75, 3.05) is 0 Å². The van der Waals surface area contributed by atoms with E-state index in [-0.39, 0.29) is 24.7 Å². The van der Waals surface area contributed by atoms with E-state index in [1.165, 1.54) is 12.1 Å². The molecule has 0 amide bonds. The highest BCUT2D eigenvalue weighted by Gasteiger charge is 2.09. The van der Waals surface area contributed by atoms with Gasteiger partial charge in [-0.3, -0.25) is 0 Å². The first-order valence-corrected chi connectivity index (χ1v) is 10.7. The molecule has 0 fully saturated rings. The zero-order valence-corrected chi connectivity index (χ0v) is 18.7. The van der Waals surface area contributed by atoms with Crippen LogP contribution in [0, 0.1) is 11.6 Å². The second-order valence-corrected chi connectivity index (χ2v) is 8.01. The van der Waals surface area contributed by atoms with Gasteiger partial charge in [-0.1, -0.05) is 35.3 Å². The Morgan fingerprint density at radius 3 is 1.33 bits per heavy atom. The molecule has 33 heavy (non-hydrogen) atoms. The van der Waals surface area contributed by atoms with Gasteiger partial charge in [0, 0.05) is 10.0 Å². The number of rotatable bonds is 8. The number of benzene rings is 4. The summed E-state index contributed by atoms with van der Waals surface area (Å²) in [4.78, 5) is 0. The molecule has 0 aliphatic heterocycles. The first-order valence-electron chi connectivity index (χ1n) is 9.98. The van der Waals surface area contributed by atoms with Crippen molar-refractivity contribution in [3.8, 4) is 23.0 Å². The standard InChI is InChI=1S/C26H18Cl2F2O3/c27-19-3-7-21(8-4-19)32-25-13-17(1-11-23(25)29)15-31-16-18-2-12-24(30)26(14-18)33-22-9-5-20(28)6-10-22/h1-14H,15-16H2. The van der Waals surface area contributed by atoms with Crippen LogP contribution in [0.3, 0.4) is 0 Å². The zero-order valence-electron chi connectivity index (χ0n) is 17.2. The fourth-order valence-corrected chi connectivity index (χ4v) is 3.23. The third-order valence-electron chi connectivity index (χ3n) is 4.61. The average molecular weight is 487 g/mol. The van der Waals surface area contributed by atoms with E-state index in [2.05, 4.69) is 0 Å². The van der Waals surface area contributed by atoms with Crippen molar-refractivity contribution in [3.63, 3.8) is 0 Å². The van der Waals surface area contributed by atoms with Crippen molar-refractivity contribution in [3.05, 3.63) is 118 Å². The van der Waals surface area contributed by atoms with Gasteiger partial charge in [0.05, 0.1) is 13.2 Å². The molecule has 0 heterocycles. The molecule has 0 aliphatic carbocycles. The molecule has 4 aromatic carbocycles. The summed E-state index contributed by atoms with van der Waals surface area (Å²) in [6, 6.07) is 22.3. The smallest absolute Gasteiger partial charge is 0.165 e. The quantitative estimate of drug-likeness (QED) is 0.249. The number of hydrogen-bond acceptors (Lipinski definition) is 3. The summed E-state index contributed by atoms with van der Waals surface area (Å²) in [6.45, 7) is 0.421. The minimum atomic E-state index is -0.490. The topological polar surface area (TPSA) is 27.7 Å². The van der Waals surface area contributed by atoms with Crippen LogP contribution < -0.4 is 9.47 Å². The molecule has 4 aromatic rings. The van der Waals surface area contributed by atoms with E-state index >= 15 is 0 Å². The molecule has 3 nitrogen and oxygen atoms in total. The van der Waals surface area contributed by atoms with E-state index in [0.29, 0.717) is 21.5 Å².